The number of hydrogen-bond donors (Lipinski definition) is 2. The summed E-state index contributed by atoms with van der Waals surface area (Å²) >= 11 is 0. The van der Waals surface area contributed by atoms with Crippen molar-refractivity contribution < 1.29 is 9.59 Å². The number of hydrogen-bond acceptors (Lipinski definition) is 3. The van der Waals surface area contributed by atoms with E-state index in [1.807, 2.05) is 12.1 Å². The van der Waals surface area contributed by atoms with Gasteiger partial charge < -0.3 is 15.2 Å². The van der Waals surface area contributed by atoms with Crippen LogP contribution in [0.1, 0.15) is 76.9 Å². The molecule has 166 valence electrons. The number of pyridine rings is 1. The van der Waals surface area contributed by atoms with E-state index in [1.54, 1.807) is 6.20 Å². The number of amides is 2. The number of benzene rings is 1. The molecule has 1 aromatic heterocycles. The summed E-state index contributed by atoms with van der Waals surface area (Å²) in [5.41, 5.74) is 3.41. The van der Waals surface area contributed by atoms with Crippen LogP contribution in [0.3, 0.4) is 0 Å². The van der Waals surface area contributed by atoms with Gasteiger partial charge in [-0.15, -0.1) is 0 Å². The zero-order valence-corrected chi connectivity index (χ0v) is 19.0. The monoisotopic (exact) mass is 423 g/mol. The van der Waals surface area contributed by atoms with E-state index in [9.17, 15) is 14.4 Å². The first-order valence-corrected chi connectivity index (χ1v) is 11.2. The van der Waals surface area contributed by atoms with Crippen LogP contribution in [0.5, 0.6) is 0 Å². The number of nitrogens with zero attached hydrogens (tertiary/aromatic N) is 1. The fourth-order valence-electron chi connectivity index (χ4n) is 3.72. The van der Waals surface area contributed by atoms with Crippen molar-refractivity contribution in [1.82, 2.24) is 15.2 Å². The molecule has 2 N–H and O–H groups in total. The van der Waals surface area contributed by atoms with Gasteiger partial charge in [-0.1, -0.05) is 38.5 Å². The molecule has 1 fully saturated rings. The van der Waals surface area contributed by atoms with Gasteiger partial charge in [0.15, 0.2) is 0 Å². The first kappa shape index (κ1) is 22.8. The van der Waals surface area contributed by atoms with Crippen LogP contribution in [0.25, 0.3) is 0 Å². The summed E-state index contributed by atoms with van der Waals surface area (Å²) in [4.78, 5) is 38.0. The minimum Gasteiger partial charge on any atom is -0.355 e. The van der Waals surface area contributed by atoms with E-state index in [0.29, 0.717) is 18.0 Å². The highest BCUT2D eigenvalue weighted by Gasteiger charge is 2.25. The molecular formula is C25H33N3O3. The van der Waals surface area contributed by atoms with Crippen molar-refractivity contribution in [2.45, 2.75) is 65.5 Å². The first-order valence-electron chi connectivity index (χ1n) is 11.2. The van der Waals surface area contributed by atoms with Gasteiger partial charge in [0, 0.05) is 19.3 Å². The van der Waals surface area contributed by atoms with Gasteiger partial charge in [-0.3, -0.25) is 14.4 Å². The Hall–Kier alpha value is -2.89. The van der Waals surface area contributed by atoms with Crippen LogP contribution in [-0.4, -0.2) is 29.5 Å². The summed E-state index contributed by atoms with van der Waals surface area (Å²) in [5.74, 6) is -0.104. The zero-order valence-electron chi connectivity index (χ0n) is 19.0. The lowest BCUT2D eigenvalue weighted by Gasteiger charge is -2.17. The standard InChI is InChI=1S/C25H33N3O3/c1-5-16(2)9-12-21-17(3)7-6-8-18(21)14-28-15-19(23(29)27-20-10-11-20)13-22(25(28)31)24(30)26-4/h6-8,13,15-16,20H,5,9-12,14H2,1-4H3,(H,26,30)(H,27,29). The highest BCUT2D eigenvalue weighted by atomic mass is 16.2. The molecule has 2 amide bonds. The second-order valence-electron chi connectivity index (χ2n) is 8.67. The van der Waals surface area contributed by atoms with Crippen molar-refractivity contribution in [3.8, 4) is 0 Å². The van der Waals surface area contributed by atoms with Gasteiger partial charge in [0.25, 0.3) is 17.4 Å². The molecule has 6 heteroatoms. The van der Waals surface area contributed by atoms with Crippen LogP contribution in [0.15, 0.2) is 35.3 Å². The van der Waals surface area contributed by atoms with Crippen LogP contribution < -0.4 is 16.2 Å². The largest absolute Gasteiger partial charge is 0.355 e. The predicted octanol–water partition coefficient (Wildman–Crippen LogP) is 3.44. The number of carbonyl (C=O) groups is 2. The summed E-state index contributed by atoms with van der Waals surface area (Å²) < 4.78 is 1.49. The van der Waals surface area contributed by atoms with Gasteiger partial charge in [0.2, 0.25) is 0 Å². The SMILES string of the molecule is CCC(C)CCc1c(C)cccc1Cn1cc(C(=O)NC2CC2)cc(C(=O)NC)c1=O. The van der Waals surface area contributed by atoms with Crippen LogP contribution in [-0.2, 0) is 13.0 Å². The Bertz CT molecular complexity index is 1020. The summed E-state index contributed by atoms with van der Waals surface area (Å²) in [5, 5.41) is 5.45. The van der Waals surface area contributed by atoms with E-state index in [0.717, 1.165) is 37.7 Å². The maximum atomic E-state index is 13.1. The molecule has 1 saturated carbocycles. The van der Waals surface area contributed by atoms with Crippen molar-refractivity contribution in [1.29, 1.82) is 0 Å². The molecule has 0 saturated heterocycles. The second-order valence-corrected chi connectivity index (χ2v) is 8.67. The highest BCUT2D eigenvalue weighted by Crippen LogP contribution is 2.21. The van der Waals surface area contributed by atoms with Crippen molar-refractivity contribution in [3.63, 3.8) is 0 Å². The van der Waals surface area contributed by atoms with E-state index in [1.165, 1.54) is 28.8 Å². The smallest absolute Gasteiger partial charge is 0.263 e. The summed E-state index contributed by atoms with van der Waals surface area (Å²) in [6, 6.07) is 7.71. The van der Waals surface area contributed by atoms with Gasteiger partial charge >= 0.3 is 0 Å². The van der Waals surface area contributed by atoms with Crippen molar-refractivity contribution >= 4 is 11.8 Å². The van der Waals surface area contributed by atoms with Crippen LogP contribution in [0, 0.1) is 12.8 Å². The van der Waals surface area contributed by atoms with Gasteiger partial charge in [-0.2, -0.15) is 0 Å². The Kier molecular flexibility index (Phi) is 7.31. The molecule has 1 aromatic carbocycles. The zero-order chi connectivity index (χ0) is 22.5. The molecule has 1 aliphatic rings. The third kappa shape index (κ3) is 5.63. The Morgan fingerprint density at radius 1 is 1.23 bits per heavy atom. The van der Waals surface area contributed by atoms with Gasteiger partial charge in [-0.05, 0) is 61.3 Å². The molecule has 1 heterocycles. The molecule has 31 heavy (non-hydrogen) atoms. The third-order valence-corrected chi connectivity index (χ3v) is 6.16. The number of carbonyl (C=O) groups excluding carboxylic acids is 2. The van der Waals surface area contributed by atoms with Gasteiger partial charge in [0.05, 0.1) is 12.1 Å². The normalized spacial score (nSPS) is 14.2. The van der Waals surface area contributed by atoms with Crippen molar-refractivity contribution in [3.05, 3.63) is 68.6 Å². The highest BCUT2D eigenvalue weighted by molar-refractivity contribution is 5.99. The molecule has 0 spiro atoms. The second kappa shape index (κ2) is 9.94. The first-order chi connectivity index (χ1) is 14.8. The fourth-order valence-corrected chi connectivity index (χ4v) is 3.72. The molecule has 0 bridgehead atoms. The van der Waals surface area contributed by atoms with E-state index < -0.39 is 11.5 Å². The minimum absolute atomic E-state index is 0.0141. The third-order valence-electron chi connectivity index (χ3n) is 6.16. The topological polar surface area (TPSA) is 80.2 Å². The number of rotatable bonds is 9. The predicted molar refractivity (Wildman–Crippen MR) is 123 cm³/mol. The number of aryl methyl sites for hydroxylation is 1. The van der Waals surface area contributed by atoms with E-state index in [4.69, 9.17) is 0 Å². The Morgan fingerprint density at radius 3 is 2.61 bits per heavy atom. The lowest BCUT2D eigenvalue weighted by atomic mass is 9.93. The van der Waals surface area contributed by atoms with E-state index in [2.05, 4.69) is 37.5 Å². The van der Waals surface area contributed by atoms with Crippen LogP contribution >= 0.6 is 0 Å². The Labute approximate surface area is 184 Å². The molecular weight excluding hydrogens is 390 g/mol. The lowest BCUT2D eigenvalue weighted by Crippen LogP contribution is -2.34. The number of aromatic nitrogens is 1. The lowest BCUT2D eigenvalue weighted by molar-refractivity contribution is 0.0950. The van der Waals surface area contributed by atoms with Gasteiger partial charge in [-0.25, -0.2) is 0 Å². The van der Waals surface area contributed by atoms with Crippen molar-refractivity contribution in [2.75, 3.05) is 7.05 Å². The molecule has 0 radical (unpaired) electrons. The number of nitrogens with one attached hydrogen (secondary N) is 2. The molecule has 1 atom stereocenters. The van der Waals surface area contributed by atoms with Crippen LogP contribution in [0.4, 0.5) is 0 Å². The summed E-state index contributed by atoms with van der Waals surface area (Å²) in [6.45, 7) is 6.86. The van der Waals surface area contributed by atoms with E-state index >= 15 is 0 Å². The molecule has 3 rings (SSSR count). The maximum Gasteiger partial charge on any atom is 0.263 e. The average molecular weight is 424 g/mol. The Morgan fingerprint density at radius 2 is 1.97 bits per heavy atom. The molecule has 6 nitrogen and oxygen atoms in total. The molecule has 1 aliphatic carbocycles. The van der Waals surface area contributed by atoms with Crippen LogP contribution in [0.2, 0.25) is 0 Å². The fraction of sp³-hybridized carbons (Fsp3) is 0.480. The Balaban J connectivity index is 1.98. The molecule has 0 aliphatic heterocycles. The quantitative estimate of drug-likeness (QED) is 0.648. The summed E-state index contributed by atoms with van der Waals surface area (Å²) in [6.07, 6.45) is 6.67. The molecule has 2 aromatic rings. The molecule has 1 unspecified atom stereocenters. The summed E-state index contributed by atoms with van der Waals surface area (Å²) in [7, 11) is 1.48. The minimum atomic E-state index is -0.485. The van der Waals surface area contributed by atoms with E-state index in [-0.39, 0.29) is 17.5 Å². The van der Waals surface area contributed by atoms with Crippen molar-refractivity contribution in [2.24, 2.45) is 5.92 Å². The average Bonchev–Trinajstić information content (AvgIpc) is 3.57. The van der Waals surface area contributed by atoms with Gasteiger partial charge in [0.1, 0.15) is 5.56 Å². The maximum absolute atomic E-state index is 13.1.